The van der Waals surface area contributed by atoms with Crippen molar-refractivity contribution in [3.8, 4) is 0 Å². The summed E-state index contributed by atoms with van der Waals surface area (Å²) in [6.07, 6.45) is -13.1. The molecule has 0 aromatic rings. The summed E-state index contributed by atoms with van der Waals surface area (Å²) in [6.45, 7) is 15.0. The van der Waals surface area contributed by atoms with Gasteiger partial charge in [0.1, 0.15) is 37.6 Å². The number of ether oxygens (including phenoxy) is 8. The van der Waals surface area contributed by atoms with Gasteiger partial charge in [0.05, 0.1) is 18.4 Å². The monoisotopic (exact) mass is 748 g/mol. The van der Waals surface area contributed by atoms with Crippen LogP contribution in [0.15, 0.2) is 0 Å². The SMILES string of the molecule is CC[C@H](C)C(=O)O[C@@H]1[C@@H](COC(=O)CC(C)C)O[C@@](COC(=O)C(C)C)(O[C@H]2O[C@H](CO)[C@@H](O)[C@H](O)[C@H]2OC(=O)CC(C)C)[C@H]1OC(=O)CC(C)C. The molecule has 2 aliphatic rings. The first-order valence-electron chi connectivity index (χ1n) is 18.1. The summed E-state index contributed by atoms with van der Waals surface area (Å²) in [5.74, 6) is -7.71. The Morgan fingerprint density at radius 3 is 1.77 bits per heavy atom. The molecule has 2 fully saturated rings. The zero-order chi connectivity index (χ0) is 39.5. The van der Waals surface area contributed by atoms with E-state index in [2.05, 4.69) is 0 Å². The van der Waals surface area contributed by atoms with E-state index in [0.29, 0.717) is 6.42 Å². The Balaban J connectivity index is 2.79. The van der Waals surface area contributed by atoms with Crippen molar-refractivity contribution >= 4 is 29.8 Å². The second-order valence-electron chi connectivity index (χ2n) is 15.1. The van der Waals surface area contributed by atoms with Crippen molar-refractivity contribution in [1.29, 1.82) is 0 Å². The van der Waals surface area contributed by atoms with Crippen molar-refractivity contribution in [2.75, 3.05) is 19.8 Å². The lowest BCUT2D eigenvalue weighted by molar-refractivity contribution is -0.384. The van der Waals surface area contributed by atoms with E-state index in [1.807, 2.05) is 13.8 Å². The molecular weight excluding hydrogens is 688 g/mol. The highest BCUT2D eigenvalue weighted by Crippen LogP contribution is 2.41. The van der Waals surface area contributed by atoms with Gasteiger partial charge in [0.25, 0.3) is 0 Å². The molecule has 2 saturated heterocycles. The fraction of sp³-hybridized carbons (Fsp3) is 0.861. The minimum absolute atomic E-state index is 0.0482. The molecular formula is C36H60O16. The Bertz CT molecular complexity index is 1190. The molecule has 0 saturated carbocycles. The highest BCUT2D eigenvalue weighted by Gasteiger charge is 2.64. The highest BCUT2D eigenvalue weighted by atomic mass is 16.8. The van der Waals surface area contributed by atoms with E-state index in [4.69, 9.17) is 37.9 Å². The summed E-state index contributed by atoms with van der Waals surface area (Å²) in [4.78, 5) is 65.2. The van der Waals surface area contributed by atoms with Crippen molar-refractivity contribution in [2.45, 2.75) is 150 Å². The summed E-state index contributed by atoms with van der Waals surface area (Å²) in [6, 6.07) is 0. The number of aliphatic hydroxyl groups excluding tert-OH is 3. The van der Waals surface area contributed by atoms with Crippen LogP contribution in [0.5, 0.6) is 0 Å². The van der Waals surface area contributed by atoms with Crippen LogP contribution in [0.1, 0.15) is 94.9 Å². The zero-order valence-corrected chi connectivity index (χ0v) is 32.1. The van der Waals surface area contributed by atoms with Crippen LogP contribution < -0.4 is 0 Å². The first-order chi connectivity index (χ1) is 24.2. The molecule has 16 nitrogen and oxygen atoms in total. The Labute approximate surface area is 306 Å². The molecule has 16 heteroatoms. The normalized spacial score (nSPS) is 29.6. The number of aliphatic hydroxyl groups is 3. The number of carbonyl (C=O) groups is 5. The summed E-state index contributed by atoms with van der Waals surface area (Å²) in [7, 11) is 0. The lowest BCUT2D eigenvalue weighted by atomic mass is 9.98. The number of hydrogen-bond donors (Lipinski definition) is 3. The van der Waals surface area contributed by atoms with E-state index in [9.17, 15) is 39.3 Å². The van der Waals surface area contributed by atoms with Gasteiger partial charge in [-0.1, -0.05) is 69.2 Å². The quantitative estimate of drug-likeness (QED) is 0.127. The maximum atomic E-state index is 13.4. The summed E-state index contributed by atoms with van der Waals surface area (Å²) in [5, 5.41) is 31.9. The fourth-order valence-electron chi connectivity index (χ4n) is 5.36. The van der Waals surface area contributed by atoms with Crippen LogP contribution in [-0.4, -0.2) is 120 Å². The molecule has 2 aliphatic heterocycles. The van der Waals surface area contributed by atoms with Gasteiger partial charge < -0.3 is 53.2 Å². The smallest absolute Gasteiger partial charge is 0.309 e. The average Bonchev–Trinajstić information content (AvgIpc) is 3.31. The van der Waals surface area contributed by atoms with Gasteiger partial charge in [-0.2, -0.15) is 0 Å². The molecule has 0 amide bonds. The molecule has 0 unspecified atom stereocenters. The first-order valence-corrected chi connectivity index (χ1v) is 18.1. The standard InChI is InChI=1S/C36H60O16/c1-11-22(10)34(44)50-30-24(16-45-25(38)12-18(2)3)51-36(17-46-33(43)21(8)9,32(30)49-27(40)14-20(6)7)52-35-31(48-26(39)13-19(4)5)29(42)28(41)23(15-37)47-35/h18-24,28-32,35,37,41-42H,11-17H2,1-10H3/t22-,23+,24+,28+,29-,30+,31+,32-,35+,36-/m0/s1. The molecule has 10 atom stereocenters. The molecule has 3 N–H and O–H groups in total. The molecule has 0 spiro atoms. The van der Waals surface area contributed by atoms with E-state index in [0.717, 1.165) is 0 Å². The van der Waals surface area contributed by atoms with E-state index >= 15 is 0 Å². The molecule has 0 aromatic heterocycles. The molecule has 0 aliphatic carbocycles. The summed E-state index contributed by atoms with van der Waals surface area (Å²) < 4.78 is 47.1. The van der Waals surface area contributed by atoms with E-state index in [1.165, 1.54) is 0 Å². The number of hydrogen-bond acceptors (Lipinski definition) is 16. The Morgan fingerprint density at radius 2 is 1.25 bits per heavy atom. The molecule has 0 aromatic carbocycles. The van der Waals surface area contributed by atoms with Crippen molar-refractivity contribution < 1.29 is 77.2 Å². The van der Waals surface area contributed by atoms with Crippen LogP contribution in [0.4, 0.5) is 0 Å². The van der Waals surface area contributed by atoms with Crippen LogP contribution in [0.3, 0.4) is 0 Å². The molecule has 52 heavy (non-hydrogen) atoms. The average molecular weight is 749 g/mol. The van der Waals surface area contributed by atoms with E-state index in [1.54, 1.807) is 55.4 Å². The predicted molar refractivity (Wildman–Crippen MR) is 181 cm³/mol. The second kappa shape index (κ2) is 20.5. The molecule has 0 bridgehead atoms. The highest BCUT2D eigenvalue weighted by molar-refractivity contribution is 5.73. The van der Waals surface area contributed by atoms with Gasteiger partial charge >= 0.3 is 29.8 Å². The van der Waals surface area contributed by atoms with Gasteiger partial charge in [0.2, 0.25) is 12.1 Å². The van der Waals surface area contributed by atoms with Crippen LogP contribution in [-0.2, 0) is 61.9 Å². The second-order valence-corrected chi connectivity index (χ2v) is 15.1. The first kappa shape index (κ1) is 45.3. The largest absolute Gasteiger partial charge is 0.463 e. The van der Waals surface area contributed by atoms with Crippen LogP contribution in [0.2, 0.25) is 0 Å². The third-order valence-electron chi connectivity index (χ3n) is 8.40. The van der Waals surface area contributed by atoms with Crippen LogP contribution in [0.25, 0.3) is 0 Å². The van der Waals surface area contributed by atoms with Gasteiger partial charge in [0, 0.05) is 19.3 Å². The number of rotatable bonds is 19. The lowest BCUT2D eigenvalue weighted by Crippen LogP contribution is -2.64. The minimum atomic E-state index is -2.43. The van der Waals surface area contributed by atoms with Crippen molar-refractivity contribution in [2.24, 2.45) is 29.6 Å². The summed E-state index contributed by atoms with van der Waals surface area (Å²) in [5.41, 5.74) is 0. The van der Waals surface area contributed by atoms with Crippen molar-refractivity contribution in [3.63, 3.8) is 0 Å². The molecule has 2 rings (SSSR count). The van der Waals surface area contributed by atoms with Crippen LogP contribution >= 0.6 is 0 Å². The van der Waals surface area contributed by atoms with E-state index < -0.39 is 116 Å². The van der Waals surface area contributed by atoms with Gasteiger partial charge in [-0.15, -0.1) is 0 Å². The van der Waals surface area contributed by atoms with E-state index in [-0.39, 0.29) is 37.0 Å². The third kappa shape index (κ3) is 12.9. The lowest BCUT2D eigenvalue weighted by Gasteiger charge is -2.45. The zero-order valence-electron chi connectivity index (χ0n) is 32.1. The van der Waals surface area contributed by atoms with Gasteiger partial charge in [0.15, 0.2) is 18.3 Å². The predicted octanol–water partition coefficient (Wildman–Crippen LogP) is 2.20. The Hall–Kier alpha value is -2.89. The molecule has 2 heterocycles. The summed E-state index contributed by atoms with van der Waals surface area (Å²) >= 11 is 0. The topological polar surface area (TPSA) is 220 Å². The minimum Gasteiger partial charge on any atom is -0.463 e. The maximum absolute atomic E-state index is 13.4. The Morgan fingerprint density at radius 1 is 0.692 bits per heavy atom. The van der Waals surface area contributed by atoms with Crippen molar-refractivity contribution in [3.05, 3.63) is 0 Å². The van der Waals surface area contributed by atoms with Gasteiger partial charge in [-0.05, 0) is 24.2 Å². The van der Waals surface area contributed by atoms with Gasteiger partial charge in [-0.25, -0.2) is 0 Å². The number of carbonyl (C=O) groups excluding carboxylic acids is 5. The molecule has 0 radical (unpaired) electrons. The van der Waals surface area contributed by atoms with Crippen molar-refractivity contribution in [1.82, 2.24) is 0 Å². The Kier molecular flexibility index (Phi) is 17.9. The number of esters is 5. The molecule has 300 valence electrons. The van der Waals surface area contributed by atoms with Crippen LogP contribution in [0, 0.1) is 29.6 Å². The van der Waals surface area contributed by atoms with Gasteiger partial charge in [-0.3, -0.25) is 24.0 Å². The maximum Gasteiger partial charge on any atom is 0.309 e. The third-order valence-corrected chi connectivity index (χ3v) is 8.40. The fourth-order valence-corrected chi connectivity index (χ4v) is 5.36.